The lowest BCUT2D eigenvalue weighted by molar-refractivity contribution is 0.686. The molecule has 7 heteroatoms. The van der Waals surface area contributed by atoms with Crippen molar-refractivity contribution in [2.45, 2.75) is 26.4 Å². The molecule has 0 radical (unpaired) electrons. The fraction of sp³-hybridized carbons (Fsp3) is 0.250. The van der Waals surface area contributed by atoms with E-state index in [9.17, 15) is 0 Å². The van der Waals surface area contributed by atoms with Crippen molar-refractivity contribution in [3.63, 3.8) is 0 Å². The van der Waals surface area contributed by atoms with Crippen LogP contribution in [0.5, 0.6) is 0 Å². The highest BCUT2D eigenvalue weighted by atomic mass is 127. The molecule has 1 unspecified atom stereocenters. The third-order valence-corrected chi connectivity index (χ3v) is 4.04. The Balaban J connectivity index is 0.00000261. The number of hydrogen-bond donors (Lipinski definition) is 2. The molecule has 1 heterocycles. The molecule has 0 saturated carbocycles. The van der Waals surface area contributed by atoms with Gasteiger partial charge in [0.2, 0.25) is 0 Å². The first-order valence-corrected chi connectivity index (χ1v) is 8.80. The summed E-state index contributed by atoms with van der Waals surface area (Å²) in [7, 11) is 0. The first-order valence-electron chi connectivity index (χ1n) is 8.80. The third kappa shape index (κ3) is 6.06. The van der Waals surface area contributed by atoms with Crippen LogP contribution in [0.25, 0.3) is 5.69 Å². The summed E-state index contributed by atoms with van der Waals surface area (Å²) in [4.78, 5) is 8.67. The molecule has 142 valence electrons. The highest BCUT2D eigenvalue weighted by Gasteiger charge is 2.07. The molecule has 0 aliphatic heterocycles. The Morgan fingerprint density at radius 1 is 1.11 bits per heavy atom. The van der Waals surface area contributed by atoms with Gasteiger partial charge in [-0.2, -0.15) is 5.10 Å². The summed E-state index contributed by atoms with van der Waals surface area (Å²) in [6.45, 7) is 5.62. The monoisotopic (exact) mass is 476 g/mol. The fourth-order valence-electron chi connectivity index (χ4n) is 2.62. The molecule has 27 heavy (non-hydrogen) atoms. The zero-order valence-electron chi connectivity index (χ0n) is 15.5. The Kier molecular flexibility index (Phi) is 8.25. The average Bonchev–Trinajstić information content (AvgIpc) is 3.22. The summed E-state index contributed by atoms with van der Waals surface area (Å²) in [5, 5.41) is 10.9. The lowest BCUT2D eigenvalue weighted by Gasteiger charge is -2.18. The normalized spacial score (nSPS) is 12.1. The molecule has 0 aliphatic carbocycles. The molecule has 0 bridgehead atoms. The van der Waals surface area contributed by atoms with Gasteiger partial charge in [0, 0.05) is 6.54 Å². The first kappa shape index (κ1) is 20.9. The van der Waals surface area contributed by atoms with E-state index >= 15 is 0 Å². The Hall–Kier alpha value is -2.42. The molecule has 6 nitrogen and oxygen atoms in total. The van der Waals surface area contributed by atoms with Crippen LogP contribution in [0, 0.1) is 0 Å². The van der Waals surface area contributed by atoms with Gasteiger partial charge in [0.15, 0.2) is 5.96 Å². The Labute approximate surface area is 177 Å². The maximum Gasteiger partial charge on any atom is 0.192 e. The van der Waals surface area contributed by atoms with E-state index in [1.54, 1.807) is 11.0 Å². The van der Waals surface area contributed by atoms with Crippen molar-refractivity contribution >= 4 is 29.9 Å². The second kappa shape index (κ2) is 10.7. The number of halogens is 1. The van der Waals surface area contributed by atoms with Gasteiger partial charge < -0.3 is 10.6 Å². The van der Waals surface area contributed by atoms with Gasteiger partial charge in [0.1, 0.15) is 12.7 Å². The topological polar surface area (TPSA) is 67.1 Å². The second-order valence-electron chi connectivity index (χ2n) is 5.98. The van der Waals surface area contributed by atoms with E-state index < -0.39 is 0 Å². The van der Waals surface area contributed by atoms with Crippen molar-refractivity contribution in [2.75, 3.05) is 6.54 Å². The van der Waals surface area contributed by atoms with Crippen LogP contribution < -0.4 is 10.6 Å². The van der Waals surface area contributed by atoms with E-state index in [0.717, 1.165) is 23.8 Å². The van der Waals surface area contributed by atoms with Gasteiger partial charge in [-0.3, -0.25) is 0 Å². The van der Waals surface area contributed by atoms with Crippen molar-refractivity contribution < 1.29 is 0 Å². The van der Waals surface area contributed by atoms with Gasteiger partial charge in [0.25, 0.3) is 0 Å². The van der Waals surface area contributed by atoms with E-state index in [1.165, 1.54) is 11.9 Å². The van der Waals surface area contributed by atoms with Gasteiger partial charge >= 0.3 is 0 Å². The van der Waals surface area contributed by atoms with Crippen molar-refractivity contribution in [1.29, 1.82) is 0 Å². The molecule has 2 N–H and O–H groups in total. The number of hydrogen-bond acceptors (Lipinski definition) is 3. The molecule has 0 aliphatic rings. The summed E-state index contributed by atoms with van der Waals surface area (Å²) >= 11 is 0. The molecule has 3 aromatic rings. The van der Waals surface area contributed by atoms with Crippen LogP contribution in [-0.4, -0.2) is 27.3 Å². The summed E-state index contributed by atoms with van der Waals surface area (Å²) in [5.41, 5.74) is 3.35. The van der Waals surface area contributed by atoms with Crippen molar-refractivity contribution in [3.05, 3.63) is 78.4 Å². The maximum absolute atomic E-state index is 4.70. The molecule has 1 aromatic heterocycles. The van der Waals surface area contributed by atoms with E-state index in [4.69, 9.17) is 4.99 Å². The Morgan fingerprint density at radius 3 is 2.48 bits per heavy atom. The quantitative estimate of drug-likeness (QED) is 0.324. The van der Waals surface area contributed by atoms with Gasteiger partial charge in [-0.25, -0.2) is 14.7 Å². The fourth-order valence-corrected chi connectivity index (χ4v) is 2.62. The smallest absolute Gasteiger partial charge is 0.192 e. The highest BCUT2D eigenvalue weighted by Crippen LogP contribution is 2.12. The van der Waals surface area contributed by atoms with Gasteiger partial charge in [-0.05, 0) is 37.1 Å². The average molecular weight is 476 g/mol. The molecule has 1 atom stereocenters. The number of benzene rings is 2. The minimum Gasteiger partial charge on any atom is -0.357 e. The van der Waals surface area contributed by atoms with Crippen LogP contribution in [-0.2, 0) is 6.54 Å². The molecular weight excluding hydrogens is 451 g/mol. The summed E-state index contributed by atoms with van der Waals surface area (Å²) < 4.78 is 1.74. The third-order valence-electron chi connectivity index (χ3n) is 4.04. The van der Waals surface area contributed by atoms with Crippen LogP contribution in [0.1, 0.15) is 31.0 Å². The summed E-state index contributed by atoms with van der Waals surface area (Å²) in [6.07, 6.45) is 3.21. The van der Waals surface area contributed by atoms with E-state index in [2.05, 4.69) is 58.8 Å². The molecule has 0 amide bonds. The maximum atomic E-state index is 4.70. The number of rotatable bonds is 6. The molecule has 0 fully saturated rings. The zero-order valence-corrected chi connectivity index (χ0v) is 17.9. The van der Waals surface area contributed by atoms with Gasteiger partial charge in [-0.15, -0.1) is 24.0 Å². The van der Waals surface area contributed by atoms with Gasteiger partial charge in [-0.1, -0.05) is 42.5 Å². The highest BCUT2D eigenvalue weighted by molar-refractivity contribution is 14.0. The van der Waals surface area contributed by atoms with E-state index in [1.807, 2.05) is 30.3 Å². The molecule has 0 spiro atoms. The van der Waals surface area contributed by atoms with Crippen LogP contribution in [0.15, 0.2) is 72.2 Å². The number of aromatic nitrogens is 3. The number of aliphatic imine (C=N–C) groups is 1. The SMILES string of the molecule is CCNC(=NCc1ccc(-n2cncn2)cc1)NC(C)c1ccccc1.I. The van der Waals surface area contributed by atoms with E-state index in [-0.39, 0.29) is 30.0 Å². The van der Waals surface area contributed by atoms with Crippen LogP contribution in [0.4, 0.5) is 0 Å². The molecule has 2 aromatic carbocycles. The lowest BCUT2D eigenvalue weighted by Crippen LogP contribution is -2.38. The Bertz CT molecular complexity index is 815. The predicted molar refractivity (Wildman–Crippen MR) is 120 cm³/mol. The molecule has 0 saturated heterocycles. The van der Waals surface area contributed by atoms with Gasteiger partial charge in [0.05, 0.1) is 18.3 Å². The number of nitrogens with zero attached hydrogens (tertiary/aromatic N) is 4. The van der Waals surface area contributed by atoms with E-state index in [0.29, 0.717) is 6.54 Å². The first-order chi connectivity index (χ1) is 12.8. The standard InChI is InChI=1S/C20H24N6.HI/c1-3-22-20(25-16(2)18-7-5-4-6-8-18)23-13-17-9-11-19(12-10-17)26-15-21-14-24-26;/h4-12,14-16H,3,13H2,1-2H3,(H2,22,23,25);1H. The molecule has 3 rings (SSSR count). The minimum atomic E-state index is 0. The summed E-state index contributed by atoms with van der Waals surface area (Å²) in [5.74, 6) is 0.809. The van der Waals surface area contributed by atoms with Crippen molar-refractivity contribution in [2.24, 2.45) is 4.99 Å². The van der Waals surface area contributed by atoms with Crippen LogP contribution in [0.3, 0.4) is 0 Å². The molecular formula is C20H25IN6. The predicted octanol–water partition coefficient (Wildman–Crippen LogP) is 3.70. The van der Waals surface area contributed by atoms with Crippen molar-refractivity contribution in [3.8, 4) is 5.69 Å². The van der Waals surface area contributed by atoms with Crippen LogP contribution >= 0.6 is 24.0 Å². The number of guanidine groups is 1. The number of nitrogens with one attached hydrogen (secondary N) is 2. The minimum absolute atomic E-state index is 0. The van der Waals surface area contributed by atoms with Crippen LogP contribution in [0.2, 0.25) is 0 Å². The second-order valence-corrected chi connectivity index (χ2v) is 5.98. The Morgan fingerprint density at radius 2 is 1.85 bits per heavy atom. The summed E-state index contributed by atoms with van der Waals surface area (Å²) in [6, 6.07) is 18.7. The van der Waals surface area contributed by atoms with Crippen molar-refractivity contribution in [1.82, 2.24) is 25.4 Å². The largest absolute Gasteiger partial charge is 0.357 e. The zero-order chi connectivity index (χ0) is 18.2. The lowest BCUT2D eigenvalue weighted by atomic mass is 10.1.